The lowest BCUT2D eigenvalue weighted by Gasteiger charge is -2.11. The molecule has 1 aromatic carbocycles. The Kier molecular flexibility index (Phi) is 9.64. The van der Waals surface area contributed by atoms with Crippen LogP contribution in [0.15, 0.2) is 12.1 Å². The number of methoxy groups -OCH3 is 2. The van der Waals surface area contributed by atoms with Crippen LogP contribution in [0.2, 0.25) is 0 Å². The normalized spacial score (nSPS) is 9.45. The van der Waals surface area contributed by atoms with Crippen molar-refractivity contribution >= 4 is 17.6 Å². The first-order valence-corrected chi connectivity index (χ1v) is 7.07. The van der Waals surface area contributed by atoms with Gasteiger partial charge in [-0.05, 0) is 25.5 Å². The number of rotatable bonds is 6. The van der Waals surface area contributed by atoms with Crippen molar-refractivity contribution in [3.63, 3.8) is 0 Å². The zero-order valence-electron chi connectivity index (χ0n) is 12.5. The van der Waals surface area contributed by atoms with Crippen LogP contribution < -0.4 is 9.47 Å². The van der Waals surface area contributed by atoms with Crippen LogP contribution in [-0.2, 0) is 0 Å². The van der Waals surface area contributed by atoms with Gasteiger partial charge in [0.05, 0.1) is 14.2 Å². The molecule has 0 aromatic heterocycles. The molecular formula is C15H23ClO4. The van der Waals surface area contributed by atoms with Gasteiger partial charge in [-0.3, -0.25) is 0 Å². The molecule has 4 nitrogen and oxygen atoms in total. The minimum atomic E-state index is -1.02. The summed E-state index contributed by atoms with van der Waals surface area (Å²) >= 11 is 5.38. The van der Waals surface area contributed by atoms with Gasteiger partial charge in [0.15, 0.2) is 0 Å². The fourth-order valence-electron chi connectivity index (χ4n) is 1.67. The largest absolute Gasteiger partial charge is 0.496 e. The van der Waals surface area contributed by atoms with Crippen molar-refractivity contribution < 1.29 is 19.4 Å². The van der Waals surface area contributed by atoms with Gasteiger partial charge >= 0.3 is 5.97 Å². The molecule has 0 spiro atoms. The maximum absolute atomic E-state index is 10.9. The number of alkyl halides is 1. The summed E-state index contributed by atoms with van der Waals surface area (Å²) < 4.78 is 9.97. The van der Waals surface area contributed by atoms with Crippen molar-refractivity contribution in [1.82, 2.24) is 0 Å². The highest BCUT2D eigenvalue weighted by Gasteiger charge is 2.17. The van der Waals surface area contributed by atoms with Crippen LogP contribution in [0.1, 0.15) is 42.1 Å². The Balaban J connectivity index is 0.000000511. The minimum absolute atomic E-state index is 0.145. The third-order valence-corrected chi connectivity index (χ3v) is 3.04. The molecule has 0 aliphatic rings. The average Bonchev–Trinajstić information content (AvgIpc) is 2.44. The van der Waals surface area contributed by atoms with Crippen molar-refractivity contribution in [2.24, 2.45) is 0 Å². The Morgan fingerprint density at radius 1 is 1.20 bits per heavy atom. The second-order valence-corrected chi connectivity index (χ2v) is 4.55. The molecule has 1 aromatic rings. The van der Waals surface area contributed by atoms with Crippen LogP contribution in [0.3, 0.4) is 0 Å². The second kappa shape index (κ2) is 10.4. The lowest BCUT2D eigenvalue weighted by atomic mass is 10.1. The van der Waals surface area contributed by atoms with E-state index < -0.39 is 5.97 Å². The highest BCUT2D eigenvalue weighted by atomic mass is 35.5. The van der Waals surface area contributed by atoms with Crippen molar-refractivity contribution in [2.45, 2.75) is 33.1 Å². The van der Waals surface area contributed by atoms with E-state index >= 15 is 0 Å². The molecule has 0 heterocycles. The Hall–Kier alpha value is -1.42. The van der Waals surface area contributed by atoms with E-state index in [1.807, 2.05) is 0 Å². The molecule has 0 bridgehead atoms. The number of carboxylic acid groups (broad SMARTS) is 1. The zero-order chi connectivity index (χ0) is 15.5. The number of carbonyl (C=O) groups is 1. The van der Waals surface area contributed by atoms with E-state index in [1.165, 1.54) is 33.5 Å². The summed E-state index contributed by atoms with van der Waals surface area (Å²) in [6.45, 7) is 3.86. The van der Waals surface area contributed by atoms with Crippen molar-refractivity contribution in [1.29, 1.82) is 0 Å². The number of unbranched alkanes of at least 4 members (excludes halogenated alkanes) is 2. The van der Waals surface area contributed by atoms with Gasteiger partial charge in [-0.15, -0.1) is 11.6 Å². The molecule has 0 unspecified atom stereocenters. The SMILES string of the molecule is CCCCCCl.COc1ccc(OC)c(C(=O)O)c1C. The van der Waals surface area contributed by atoms with E-state index in [2.05, 4.69) is 6.92 Å². The summed E-state index contributed by atoms with van der Waals surface area (Å²) in [5, 5.41) is 8.96. The third kappa shape index (κ3) is 5.70. The number of aromatic carboxylic acids is 1. The van der Waals surface area contributed by atoms with Crippen molar-refractivity contribution in [3.8, 4) is 11.5 Å². The van der Waals surface area contributed by atoms with Crippen molar-refractivity contribution in [3.05, 3.63) is 23.3 Å². The first-order chi connectivity index (χ1) is 9.53. The Bertz CT molecular complexity index is 415. The first-order valence-electron chi connectivity index (χ1n) is 6.54. The molecule has 0 radical (unpaired) electrons. The molecule has 1 N–H and O–H groups in total. The Morgan fingerprint density at radius 2 is 1.75 bits per heavy atom. The highest BCUT2D eigenvalue weighted by molar-refractivity contribution is 6.17. The van der Waals surface area contributed by atoms with E-state index in [4.69, 9.17) is 26.2 Å². The second-order valence-electron chi connectivity index (χ2n) is 4.17. The van der Waals surface area contributed by atoms with E-state index in [9.17, 15) is 4.79 Å². The van der Waals surface area contributed by atoms with E-state index in [-0.39, 0.29) is 5.56 Å². The number of hydrogen-bond donors (Lipinski definition) is 1. The predicted octanol–water partition coefficient (Wildman–Crippen LogP) is 4.13. The van der Waals surface area contributed by atoms with Crippen LogP contribution >= 0.6 is 11.6 Å². The summed E-state index contributed by atoms with van der Waals surface area (Å²) in [6, 6.07) is 3.26. The van der Waals surface area contributed by atoms with E-state index in [0.717, 1.165) is 5.88 Å². The molecule has 0 fully saturated rings. The molecule has 1 rings (SSSR count). The van der Waals surface area contributed by atoms with Gasteiger partial charge in [-0.25, -0.2) is 4.79 Å². The van der Waals surface area contributed by atoms with Gasteiger partial charge in [0, 0.05) is 11.4 Å². The third-order valence-electron chi connectivity index (χ3n) is 2.77. The molecule has 0 amide bonds. The van der Waals surface area contributed by atoms with Crippen LogP contribution in [0.5, 0.6) is 11.5 Å². The summed E-state index contributed by atoms with van der Waals surface area (Å²) in [7, 11) is 2.94. The predicted molar refractivity (Wildman–Crippen MR) is 81.5 cm³/mol. The van der Waals surface area contributed by atoms with Gasteiger partial charge in [0.2, 0.25) is 0 Å². The minimum Gasteiger partial charge on any atom is -0.496 e. The fourth-order valence-corrected chi connectivity index (χ4v) is 1.86. The molecular weight excluding hydrogens is 280 g/mol. The van der Waals surface area contributed by atoms with E-state index in [1.54, 1.807) is 19.1 Å². The smallest absolute Gasteiger partial charge is 0.339 e. The lowest BCUT2D eigenvalue weighted by Crippen LogP contribution is -2.04. The van der Waals surface area contributed by atoms with Crippen LogP contribution in [-0.4, -0.2) is 31.2 Å². The topological polar surface area (TPSA) is 55.8 Å². The van der Waals surface area contributed by atoms with Gasteiger partial charge in [0.25, 0.3) is 0 Å². The summed E-state index contributed by atoms with van der Waals surface area (Å²) in [5.74, 6) is 0.700. The van der Waals surface area contributed by atoms with Gasteiger partial charge < -0.3 is 14.6 Å². The molecule has 0 saturated carbocycles. The Labute approximate surface area is 125 Å². The zero-order valence-corrected chi connectivity index (χ0v) is 13.3. The summed E-state index contributed by atoms with van der Waals surface area (Å²) in [6.07, 6.45) is 3.73. The molecule has 114 valence electrons. The fraction of sp³-hybridized carbons (Fsp3) is 0.533. The number of halogens is 1. The number of benzene rings is 1. The molecule has 20 heavy (non-hydrogen) atoms. The monoisotopic (exact) mass is 302 g/mol. The molecule has 0 aliphatic carbocycles. The maximum Gasteiger partial charge on any atom is 0.339 e. The van der Waals surface area contributed by atoms with Crippen molar-refractivity contribution in [2.75, 3.05) is 20.1 Å². The summed E-state index contributed by atoms with van der Waals surface area (Å²) in [4.78, 5) is 10.9. The standard InChI is InChI=1S/C10H12O4.C5H11Cl/c1-6-7(13-2)4-5-8(14-3)9(6)10(11)12;1-2-3-4-5-6/h4-5H,1-3H3,(H,11,12);2-5H2,1H3. The molecule has 0 saturated heterocycles. The van der Waals surface area contributed by atoms with Gasteiger partial charge in [-0.2, -0.15) is 0 Å². The lowest BCUT2D eigenvalue weighted by molar-refractivity contribution is 0.0692. The van der Waals surface area contributed by atoms with Gasteiger partial charge in [0.1, 0.15) is 17.1 Å². The molecule has 5 heteroatoms. The molecule has 0 atom stereocenters. The maximum atomic E-state index is 10.9. The number of hydrogen-bond acceptors (Lipinski definition) is 3. The van der Waals surface area contributed by atoms with E-state index in [0.29, 0.717) is 17.1 Å². The van der Waals surface area contributed by atoms with Crippen LogP contribution in [0, 0.1) is 6.92 Å². The average molecular weight is 303 g/mol. The summed E-state index contributed by atoms with van der Waals surface area (Å²) in [5.41, 5.74) is 0.714. The van der Waals surface area contributed by atoms with Crippen LogP contribution in [0.25, 0.3) is 0 Å². The number of carboxylic acids is 1. The molecule has 0 aliphatic heterocycles. The highest BCUT2D eigenvalue weighted by Crippen LogP contribution is 2.29. The quantitative estimate of drug-likeness (QED) is 0.634. The first kappa shape index (κ1) is 18.6. The number of ether oxygens (including phenoxy) is 2. The van der Waals surface area contributed by atoms with Gasteiger partial charge in [-0.1, -0.05) is 19.8 Å². The Morgan fingerprint density at radius 3 is 2.10 bits per heavy atom. The van der Waals surface area contributed by atoms with Crippen LogP contribution in [0.4, 0.5) is 0 Å².